The van der Waals surface area contributed by atoms with Crippen molar-refractivity contribution in [3.05, 3.63) is 21.3 Å². The van der Waals surface area contributed by atoms with Crippen LogP contribution in [-0.2, 0) is 26.2 Å². The quantitative estimate of drug-likeness (QED) is 0.0553. The van der Waals surface area contributed by atoms with Crippen molar-refractivity contribution < 1.29 is 26.2 Å². The van der Waals surface area contributed by atoms with E-state index in [0.29, 0.717) is 0 Å². The zero-order valence-corrected chi connectivity index (χ0v) is 41.0. The van der Waals surface area contributed by atoms with Gasteiger partial charge in [0.1, 0.15) is 0 Å². The molecule has 0 bridgehead atoms. The topological polar surface area (TPSA) is 56.4 Å². The molecule has 0 saturated heterocycles. The molecule has 5 heteroatoms. The summed E-state index contributed by atoms with van der Waals surface area (Å²) in [6.07, 6.45) is 44.8. The minimum absolute atomic E-state index is 0. The predicted octanol–water partition coefficient (Wildman–Crippen LogP) is 18.1. The third-order valence-corrected chi connectivity index (χ3v) is 9.57. The molecule has 0 radical (unpaired) electrons. The molecule has 0 spiro atoms. The van der Waals surface area contributed by atoms with Gasteiger partial charge in [-0.3, -0.25) is 0 Å². The van der Waals surface area contributed by atoms with Gasteiger partial charge in [-0.05, 0) is 0 Å². The fraction of sp³-hybridized carbons (Fsp3) is 1.00. The van der Waals surface area contributed by atoms with Gasteiger partial charge in [-0.2, -0.15) is 26.2 Å². The van der Waals surface area contributed by atoms with Crippen LogP contribution in [0.2, 0.25) is 0 Å². The molecule has 0 fully saturated rings. The van der Waals surface area contributed by atoms with Crippen molar-refractivity contribution in [1.82, 2.24) is 0 Å². The largest absolute Gasteiger partial charge is 4.00 e. The molecule has 0 rings (SSSR count). The Balaban J connectivity index is -0.000000192. The van der Waals surface area contributed by atoms with E-state index in [0.717, 1.165) is 52.4 Å². The molecule has 0 aliphatic heterocycles. The van der Waals surface area contributed by atoms with E-state index < -0.39 is 0 Å². The van der Waals surface area contributed by atoms with E-state index in [2.05, 4.69) is 76.7 Å². The second-order valence-electron chi connectivity index (χ2n) is 15.0. The maximum Gasteiger partial charge on any atom is 4.00 e. The molecule has 0 N–H and O–H groups in total. The van der Waals surface area contributed by atoms with Gasteiger partial charge in [0.05, 0.1) is 0 Å². The minimum atomic E-state index is 0. The van der Waals surface area contributed by atoms with E-state index in [9.17, 15) is 0 Å². The van der Waals surface area contributed by atoms with Crippen LogP contribution in [0.5, 0.6) is 0 Å². The van der Waals surface area contributed by atoms with Crippen molar-refractivity contribution in [2.24, 2.45) is 0 Å². The zero-order valence-electron chi connectivity index (χ0n) is 38.6. The molecule has 320 valence electrons. The summed E-state index contributed by atoms with van der Waals surface area (Å²) in [5.74, 6) is 0. The van der Waals surface area contributed by atoms with Crippen molar-refractivity contribution in [2.45, 2.75) is 261 Å². The smallest absolute Gasteiger partial charge is 0.662 e. The molecule has 0 heterocycles. The average molecular weight is 829 g/mol. The molecule has 0 amide bonds. The van der Waals surface area contributed by atoms with Gasteiger partial charge < -0.3 is 21.3 Å². The van der Waals surface area contributed by atoms with Crippen LogP contribution in [0, 0.1) is 0 Å². The van der Waals surface area contributed by atoms with Gasteiger partial charge >= 0.3 is 26.2 Å². The average Bonchev–Trinajstić information content (AvgIpc) is 3.16. The Labute approximate surface area is 358 Å². The summed E-state index contributed by atoms with van der Waals surface area (Å²) in [4.78, 5) is 0. The maximum atomic E-state index is 4.32. The van der Waals surface area contributed by atoms with Crippen LogP contribution in [0.3, 0.4) is 0 Å². The van der Waals surface area contributed by atoms with E-state index in [1.54, 1.807) is 0 Å². The number of hydrogen-bond acceptors (Lipinski definition) is 0. The zero-order chi connectivity index (χ0) is 39.1. The first-order chi connectivity index (χ1) is 25.7. The molecule has 0 aromatic rings. The van der Waals surface area contributed by atoms with Gasteiger partial charge in [0, 0.05) is 0 Å². The summed E-state index contributed by atoms with van der Waals surface area (Å²) < 4.78 is 0. The van der Waals surface area contributed by atoms with Crippen LogP contribution < -0.4 is 0 Å². The summed E-state index contributed by atoms with van der Waals surface area (Å²) in [5, 5.41) is 17.3. The summed E-state index contributed by atoms with van der Waals surface area (Å²) >= 11 is 0. The van der Waals surface area contributed by atoms with Gasteiger partial charge in [-0.1, -0.05) is 261 Å². The SMILES string of the molecule is CCCCCCCCCC[N-]CC.CCCCCCCCCC[N-]CC.CCCCCCCCCC[N-]CC.CCCCCCCCCC[N-]CC.[Zr+4]. The summed E-state index contributed by atoms with van der Waals surface area (Å²) in [5.41, 5.74) is 0. The fourth-order valence-corrected chi connectivity index (χ4v) is 6.06. The van der Waals surface area contributed by atoms with Crippen LogP contribution in [0.15, 0.2) is 0 Å². The Morgan fingerprint density at radius 1 is 0.189 bits per heavy atom. The number of hydrogen-bond donors (Lipinski definition) is 0. The van der Waals surface area contributed by atoms with Crippen LogP contribution in [0.4, 0.5) is 0 Å². The van der Waals surface area contributed by atoms with Crippen molar-refractivity contribution >= 4 is 0 Å². The summed E-state index contributed by atoms with van der Waals surface area (Å²) in [6.45, 7) is 25.9. The molecule has 53 heavy (non-hydrogen) atoms. The van der Waals surface area contributed by atoms with Gasteiger partial charge in [0.2, 0.25) is 0 Å². The van der Waals surface area contributed by atoms with Gasteiger partial charge in [0.25, 0.3) is 0 Å². The first-order valence-corrected chi connectivity index (χ1v) is 24.2. The Kier molecular flexibility index (Phi) is 83.7. The molecule has 0 aliphatic rings. The van der Waals surface area contributed by atoms with E-state index >= 15 is 0 Å². The molecule has 0 aromatic carbocycles. The molecule has 0 aliphatic carbocycles. The second-order valence-corrected chi connectivity index (χ2v) is 15.0. The second kappa shape index (κ2) is 70.5. The first kappa shape index (κ1) is 62.9. The molecular weight excluding hydrogens is 724 g/mol. The van der Waals surface area contributed by atoms with Crippen molar-refractivity contribution in [3.63, 3.8) is 0 Å². The number of rotatable bonds is 40. The first-order valence-electron chi connectivity index (χ1n) is 24.2. The summed E-state index contributed by atoms with van der Waals surface area (Å²) in [6, 6.07) is 0. The third-order valence-electron chi connectivity index (χ3n) is 9.57. The van der Waals surface area contributed by atoms with Crippen LogP contribution >= 0.6 is 0 Å². The van der Waals surface area contributed by atoms with E-state index in [4.69, 9.17) is 0 Å². The van der Waals surface area contributed by atoms with Crippen molar-refractivity contribution in [1.29, 1.82) is 0 Å². The van der Waals surface area contributed by atoms with E-state index in [1.807, 2.05) is 0 Å². The van der Waals surface area contributed by atoms with Gasteiger partial charge in [0.15, 0.2) is 0 Å². The summed E-state index contributed by atoms with van der Waals surface area (Å²) in [7, 11) is 0. The molecule has 0 aromatic heterocycles. The predicted molar refractivity (Wildman–Crippen MR) is 246 cm³/mol. The van der Waals surface area contributed by atoms with Crippen LogP contribution in [0.25, 0.3) is 21.3 Å². The third kappa shape index (κ3) is 81.8. The number of unbranched alkanes of at least 4 members (excludes halogenated alkanes) is 28. The van der Waals surface area contributed by atoms with Crippen molar-refractivity contribution in [2.75, 3.05) is 52.4 Å². The monoisotopic (exact) mass is 827 g/mol. The standard InChI is InChI=1S/4C12H26N.Zr/c4*1-3-5-6-7-8-9-10-11-12-13-4-2;/h4*3-12H2,1-2H3;/q4*-1;+4. The number of nitrogens with zero attached hydrogens (tertiary/aromatic N) is 4. The molecule has 4 nitrogen and oxygen atoms in total. The minimum Gasteiger partial charge on any atom is -0.662 e. The maximum absolute atomic E-state index is 4.32. The molecule has 0 unspecified atom stereocenters. The van der Waals surface area contributed by atoms with Crippen LogP contribution in [0.1, 0.15) is 261 Å². The molecule has 0 atom stereocenters. The Morgan fingerprint density at radius 3 is 0.453 bits per heavy atom. The van der Waals surface area contributed by atoms with E-state index in [1.165, 1.54) is 205 Å². The van der Waals surface area contributed by atoms with E-state index in [-0.39, 0.29) is 26.2 Å². The van der Waals surface area contributed by atoms with Gasteiger partial charge in [-0.15, -0.1) is 26.2 Å². The van der Waals surface area contributed by atoms with Gasteiger partial charge in [-0.25, -0.2) is 0 Å². The van der Waals surface area contributed by atoms with Crippen molar-refractivity contribution in [3.8, 4) is 0 Å². The Bertz CT molecular complexity index is 380. The molecular formula is C48H104N4Zr. The Morgan fingerprint density at radius 2 is 0.321 bits per heavy atom. The Hall–Kier alpha value is 0.723. The van der Waals surface area contributed by atoms with Crippen LogP contribution in [-0.4, -0.2) is 52.4 Å². The molecule has 0 saturated carbocycles. The normalized spacial score (nSPS) is 10.4. The fourth-order valence-electron chi connectivity index (χ4n) is 6.06.